The molecular formula is C10H19N3O5S. The van der Waals surface area contributed by atoms with Gasteiger partial charge in [0.25, 0.3) is 0 Å². The highest BCUT2D eigenvalue weighted by Crippen LogP contribution is 2.38. The van der Waals surface area contributed by atoms with E-state index in [2.05, 4.69) is 10.6 Å². The van der Waals surface area contributed by atoms with Crippen molar-refractivity contribution >= 4 is 22.0 Å². The van der Waals surface area contributed by atoms with Gasteiger partial charge < -0.3 is 15.7 Å². The Balaban J connectivity index is 2.46. The zero-order valence-electron chi connectivity index (χ0n) is 10.7. The number of carbonyl (C=O) groups is 2. The third kappa shape index (κ3) is 4.35. The average molecular weight is 293 g/mol. The Labute approximate surface area is 111 Å². The fraction of sp³-hybridized carbons (Fsp3) is 0.800. The first-order valence-electron chi connectivity index (χ1n) is 5.93. The van der Waals surface area contributed by atoms with Gasteiger partial charge in [-0.15, -0.1) is 0 Å². The van der Waals surface area contributed by atoms with Crippen LogP contribution in [0.2, 0.25) is 0 Å². The van der Waals surface area contributed by atoms with Crippen molar-refractivity contribution in [3.63, 3.8) is 0 Å². The van der Waals surface area contributed by atoms with E-state index in [1.54, 1.807) is 6.92 Å². The molecule has 9 heteroatoms. The van der Waals surface area contributed by atoms with Crippen molar-refractivity contribution in [2.24, 2.45) is 10.6 Å². The highest BCUT2D eigenvalue weighted by Gasteiger charge is 2.45. The molecule has 0 aromatic carbocycles. The molecule has 1 aliphatic rings. The second-order valence-electron chi connectivity index (χ2n) is 4.93. The van der Waals surface area contributed by atoms with Crippen LogP contribution in [-0.2, 0) is 14.8 Å². The van der Waals surface area contributed by atoms with Crippen LogP contribution in [0.5, 0.6) is 0 Å². The van der Waals surface area contributed by atoms with Gasteiger partial charge in [-0.25, -0.2) is 18.4 Å². The van der Waals surface area contributed by atoms with Gasteiger partial charge in [-0.2, -0.15) is 0 Å². The van der Waals surface area contributed by atoms with Crippen LogP contribution in [-0.4, -0.2) is 43.9 Å². The highest BCUT2D eigenvalue weighted by atomic mass is 32.2. The zero-order valence-corrected chi connectivity index (χ0v) is 11.5. The average Bonchev–Trinajstić information content (AvgIpc) is 2.59. The van der Waals surface area contributed by atoms with E-state index in [9.17, 15) is 23.1 Å². The van der Waals surface area contributed by atoms with Crippen molar-refractivity contribution in [2.75, 3.05) is 12.3 Å². The first-order chi connectivity index (χ1) is 8.65. The molecule has 2 amide bonds. The molecule has 5 N–H and O–H groups in total. The quantitative estimate of drug-likeness (QED) is 0.526. The number of amides is 2. The smallest absolute Gasteiger partial charge is 0.315 e. The second kappa shape index (κ2) is 5.74. The molecule has 0 radical (unpaired) electrons. The summed E-state index contributed by atoms with van der Waals surface area (Å²) >= 11 is 0. The maximum absolute atomic E-state index is 11.5. The number of carboxylic acid groups (broad SMARTS) is 1. The van der Waals surface area contributed by atoms with Gasteiger partial charge in [0, 0.05) is 12.6 Å². The molecule has 0 bridgehead atoms. The van der Waals surface area contributed by atoms with Crippen LogP contribution in [0.3, 0.4) is 0 Å². The van der Waals surface area contributed by atoms with E-state index in [4.69, 9.17) is 5.14 Å². The van der Waals surface area contributed by atoms with Crippen LogP contribution in [0.15, 0.2) is 0 Å². The van der Waals surface area contributed by atoms with Crippen LogP contribution in [0.4, 0.5) is 4.79 Å². The minimum absolute atomic E-state index is 0.110. The van der Waals surface area contributed by atoms with E-state index in [0.717, 1.165) is 6.42 Å². The number of hydrogen-bond donors (Lipinski definition) is 4. The van der Waals surface area contributed by atoms with E-state index < -0.39 is 33.5 Å². The standard InChI is InChI=1S/C10H19N3O5S/c1-10(8(14)15)4-2-3-7(10)13-9(16)12-5-6-19(11,17)18/h7H,2-6H2,1H3,(H,14,15)(H2,11,17,18)(H2,12,13,16). The van der Waals surface area contributed by atoms with Gasteiger partial charge in [-0.05, 0) is 19.8 Å². The summed E-state index contributed by atoms with van der Waals surface area (Å²) in [7, 11) is -3.62. The minimum Gasteiger partial charge on any atom is -0.481 e. The van der Waals surface area contributed by atoms with Gasteiger partial charge >= 0.3 is 12.0 Å². The summed E-state index contributed by atoms with van der Waals surface area (Å²) in [6.07, 6.45) is 1.82. The predicted octanol–water partition coefficient (Wildman–Crippen LogP) is -0.782. The zero-order chi connectivity index (χ0) is 14.7. The monoisotopic (exact) mass is 293 g/mol. The summed E-state index contributed by atoms with van der Waals surface area (Å²) in [6, 6.07) is -1.04. The number of nitrogens with one attached hydrogen (secondary N) is 2. The summed E-state index contributed by atoms with van der Waals surface area (Å²) in [6.45, 7) is 1.48. The lowest BCUT2D eigenvalue weighted by Gasteiger charge is -2.27. The minimum atomic E-state index is -3.62. The Hall–Kier alpha value is -1.35. The van der Waals surface area contributed by atoms with Crippen LogP contribution in [0.25, 0.3) is 0 Å². The summed E-state index contributed by atoms with van der Waals surface area (Å²) in [5.41, 5.74) is -0.975. The topological polar surface area (TPSA) is 139 Å². The maximum Gasteiger partial charge on any atom is 0.315 e. The summed E-state index contributed by atoms with van der Waals surface area (Å²) < 4.78 is 21.4. The Morgan fingerprint density at radius 2 is 2.11 bits per heavy atom. The molecule has 8 nitrogen and oxygen atoms in total. The predicted molar refractivity (Wildman–Crippen MR) is 67.9 cm³/mol. The lowest BCUT2D eigenvalue weighted by atomic mass is 9.85. The van der Waals surface area contributed by atoms with E-state index >= 15 is 0 Å². The Morgan fingerprint density at radius 1 is 1.47 bits per heavy atom. The Morgan fingerprint density at radius 3 is 2.63 bits per heavy atom. The number of carboxylic acids is 1. The summed E-state index contributed by atoms with van der Waals surface area (Å²) in [5.74, 6) is -1.30. The normalized spacial score (nSPS) is 26.9. The molecule has 0 heterocycles. The third-order valence-electron chi connectivity index (χ3n) is 3.42. The first-order valence-corrected chi connectivity index (χ1v) is 7.65. The van der Waals surface area contributed by atoms with Crippen molar-refractivity contribution in [1.29, 1.82) is 0 Å². The Bertz CT molecular complexity index is 464. The van der Waals surface area contributed by atoms with E-state index in [1.807, 2.05) is 0 Å². The lowest BCUT2D eigenvalue weighted by Crippen LogP contribution is -2.50. The van der Waals surface area contributed by atoms with Crippen molar-refractivity contribution in [3.05, 3.63) is 0 Å². The molecule has 0 aliphatic heterocycles. The van der Waals surface area contributed by atoms with Crippen LogP contribution >= 0.6 is 0 Å². The molecular weight excluding hydrogens is 274 g/mol. The number of urea groups is 1. The molecule has 1 rings (SSSR count). The molecule has 0 saturated heterocycles. The molecule has 0 spiro atoms. The van der Waals surface area contributed by atoms with E-state index in [1.165, 1.54) is 0 Å². The Kier molecular flexibility index (Phi) is 4.75. The number of rotatable bonds is 5. The number of nitrogens with two attached hydrogens (primary N) is 1. The number of sulfonamides is 1. The van der Waals surface area contributed by atoms with Crippen LogP contribution in [0, 0.1) is 5.41 Å². The summed E-state index contributed by atoms with van der Waals surface area (Å²) in [4.78, 5) is 22.7. The van der Waals surface area contributed by atoms with Gasteiger partial charge in [0.2, 0.25) is 10.0 Å². The van der Waals surface area contributed by atoms with Gasteiger partial charge in [-0.3, -0.25) is 4.79 Å². The van der Waals surface area contributed by atoms with Crippen molar-refractivity contribution < 1.29 is 23.1 Å². The van der Waals surface area contributed by atoms with Crippen molar-refractivity contribution in [3.8, 4) is 0 Å². The second-order valence-corrected chi connectivity index (χ2v) is 6.67. The molecule has 1 aliphatic carbocycles. The van der Waals surface area contributed by atoms with Crippen LogP contribution in [0.1, 0.15) is 26.2 Å². The largest absolute Gasteiger partial charge is 0.481 e. The molecule has 110 valence electrons. The molecule has 0 aromatic rings. The molecule has 1 saturated carbocycles. The SMILES string of the molecule is CC1(C(=O)O)CCCC1NC(=O)NCCS(N)(=O)=O. The number of primary sulfonamides is 1. The molecule has 1 fully saturated rings. The summed E-state index contributed by atoms with van der Waals surface area (Å²) in [5, 5.41) is 18.9. The van der Waals surface area contributed by atoms with Crippen LogP contribution < -0.4 is 15.8 Å². The van der Waals surface area contributed by atoms with Gasteiger partial charge in [0.1, 0.15) is 0 Å². The van der Waals surface area contributed by atoms with Gasteiger partial charge in [0.15, 0.2) is 0 Å². The van der Waals surface area contributed by atoms with E-state index in [0.29, 0.717) is 12.8 Å². The molecule has 2 atom stereocenters. The van der Waals surface area contributed by atoms with E-state index in [-0.39, 0.29) is 12.3 Å². The fourth-order valence-electron chi connectivity index (χ4n) is 2.17. The van der Waals surface area contributed by atoms with Gasteiger partial charge in [0.05, 0.1) is 11.2 Å². The third-order valence-corrected chi connectivity index (χ3v) is 4.20. The van der Waals surface area contributed by atoms with Crippen molar-refractivity contribution in [1.82, 2.24) is 10.6 Å². The lowest BCUT2D eigenvalue weighted by molar-refractivity contribution is -0.148. The first kappa shape index (κ1) is 15.7. The maximum atomic E-state index is 11.5. The molecule has 19 heavy (non-hydrogen) atoms. The number of aliphatic carboxylic acids is 1. The molecule has 0 aromatic heterocycles. The fourth-order valence-corrected chi connectivity index (χ4v) is 2.56. The number of carbonyl (C=O) groups excluding carboxylic acids is 1. The number of hydrogen-bond acceptors (Lipinski definition) is 4. The van der Waals surface area contributed by atoms with Gasteiger partial charge in [-0.1, -0.05) is 6.42 Å². The van der Waals surface area contributed by atoms with Crippen molar-refractivity contribution in [2.45, 2.75) is 32.2 Å². The highest BCUT2D eigenvalue weighted by molar-refractivity contribution is 7.89. The molecule has 2 unspecified atom stereocenters.